The Bertz CT molecular complexity index is 1520. The molecule has 0 saturated carbocycles. The van der Waals surface area contributed by atoms with Crippen molar-refractivity contribution in [3.8, 4) is 11.1 Å². The summed E-state index contributed by atoms with van der Waals surface area (Å²) in [5.41, 5.74) is 10.9. The SMILES string of the molecule is CC(C)C1=CC(N2C3=C(N=C4C=CN(c5ccccc5)C4C3)c3ccccc3-c3ccccc32)NC=C1. The second-order valence-electron chi connectivity index (χ2n) is 10.3. The third kappa shape index (κ3) is 3.55. The second-order valence-corrected chi connectivity index (χ2v) is 10.3. The summed E-state index contributed by atoms with van der Waals surface area (Å²) in [7, 11) is 0. The van der Waals surface area contributed by atoms with Gasteiger partial charge in [-0.05, 0) is 59.7 Å². The molecule has 3 aromatic rings. The van der Waals surface area contributed by atoms with E-state index in [9.17, 15) is 0 Å². The van der Waals surface area contributed by atoms with Crippen molar-refractivity contribution in [1.82, 2.24) is 5.32 Å². The van der Waals surface area contributed by atoms with Crippen LogP contribution in [0.15, 0.2) is 126 Å². The van der Waals surface area contributed by atoms with Gasteiger partial charge in [-0.15, -0.1) is 0 Å². The second kappa shape index (κ2) is 8.67. The van der Waals surface area contributed by atoms with E-state index >= 15 is 0 Å². The maximum atomic E-state index is 5.38. The molecule has 0 radical (unpaired) electrons. The van der Waals surface area contributed by atoms with Gasteiger partial charge in [0.1, 0.15) is 6.17 Å². The van der Waals surface area contributed by atoms with E-state index in [4.69, 9.17) is 4.99 Å². The van der Waals surface area contributed by atoms with Crippen LogP contribution < -0.4 is 15.1 Å². The quantitative estimate of drug-likeness (QED) is 0.431. The highest BCUT2D eigenvalue weighted by molar-refractivity contribution is 6.10. The van der Waals surface area contributed by atoms with Gasteiger partial charge in [-0.2, -0.15) is 0 Å². The molecule has 4 heteroatoms. The Kier molecular flexibility index (Phi) is 5.14. The molecule has 0 aromatic heterocycles. The molecule has 0 bridgehead atoms. The zero-order valence-electron chi connectivity index (χ0n) is 21.2. The average molecular weight is 483 g/mol. The molecule has 1 N–H and O–H groups in total. The molecule has 7 rings (SSSR count). The third-order valence-electron chi connectivity index (χ3n) is 7.80. The molecule has 0 spiro atoms. The fourth-order valence-electron chi connectivity index (χ4n) is 5.96. The summed E-state index contributed by atoms with van der Waals surface area (Å²) in [6.07, 6.45) is 11.9. The summed E-state index contributed by atoms with van der Waals surface area (Å²) in [6, 6.07) is 28.3. The number of benzene rings is 3. The van der Waals surface area contributed by atoms with Crippen LogP contribution in [0.1, 0.15) is 25.8 Å². The Balaban J connectivity index is 1.43. The van der Waals surface area contributed by atoms with E-state index < -0.39 is 0 Å². The van der Waals surface area contributed by atoms with Gasteiger partial charge in [0.15, 0.2) is 0 Å². The Morgan fingerprint density at radius 2 is 1.57 bits per heavy atom. The number of nitrogens with one attached hydrogen (secondary N) is 1. The standard InChI is InChI=1S/C33H30N4/c1-22(2)23-16-18-34-32(20-23)37-29-15-9-8-13-26(29)25-12-6-7-14-27(25)33-31(37)21-30-28(35-33)17-19-36(30)24-10-4-3-5-11-24/h3-20,22,30,32,34H,21H2,1-2H3. The lowest BCUT2D eigenvalue weighted by molar-refractivity contribution is 0.631. The lowest BCUT2D eigenvalue weighted by Crippen LogP contribution is -2.46. The van der Waals surface area contributed by atoms with Crippen LogP contribution in [0.5, 0.6) is 0 Å². The molecule has 0 fully saturated rings. The number of para-hydroxylation sites is 2. The van der Waals surface area contributed by atoms with Crippen molar-refractivity contribution in [2.24, 2.45) is 10.9 Å². The number of anilines is 2. The van der Waals surface area contributed by atoms with Gasteiger partial charge in [-0.3, -0.25) is 0 Å². The number of dihydropyridines is 1. The predicted octanol–water partition coefficient (Wildman–Crippen LogP) is 7.11. The molecular weight excluding hydrogens is 452 g/mol. The van der Waals surface area contributed by atoms with Crippen LogP contribution in [0.2, 0.25) is 0 Å². The minimum absolute atomic E-state index is 0.000787. The molecule has 4 nitrogen and oxygen atoms in total. The van der Waals surface area contributed by atoms with Crippen LogP contribution in [-0.4, -0.2) is 17.9 Å². The molecule has 4 aliphatic heterocycles. The summed E-state index contributed by atoms with van der Waals surface area (Å²) < 4.78 is 0. The molecule has 0 saturated heterocycles. The number of hydrogen-bond acceptors (Lipinski definition) is 4. The molecule has 2 atom stereocenters. The highest BCUT2D eigenvalue weighted by atomic mass is 15.3. The minimum Gasteiger partial charge on any atom is -0.368 e. The van der Waals surface area contributed by atoms with Crippen molar-refractivity contribution in [1.29, 1.82) is 0 Å². The lowest BCUT2D eigenvalue weighted by Gasteiger charge is -2.40. The first kappa shape index (κ1) is 21.9. The highest BCUT2D eigenvalue weighted by Gasteiger charge is 2.39. The molecule has 3 aromatic carbocycles. The average Bonchev–Trinajstić information content (AvgIpc) is 3.32. The summed E-state index contributed by atoms with van der Waals surface area (Å²) in [5, 5.41) is 3.66. The fourth-order valence-corrected chi connectivity index (χ4v) is 5.96. The van der Waals surface area contributed by atoms with Crippen LogP contribution in [0.4, 0.5) is 11.4 Å². The van der Waals surface area contributed by atoms with Crippen LogP contribution in [0, 0.1) is 5.92 Å². The van der Waals surface area contributed by atoms with E-state index in [1.54, 1.807) is 0 Å². The molecule has 4 heterocycles. The first-order chi connectivity index (χ1) is 18.2. The number of allylic oxidation sites excluding steroid dienone is 2. The van der Waals surface area contributed by atoms with Crippen molar-refractivity contribution in [2.45, 2.75) is 32.5 Å². The first-order valence-corrected chi connectivity index (χ1v) is 13.1. The molecule has 182 valence electrons. The Morgan fingerprint density at radius 1 is 0.838 bits per heavy atom. The number of aliphatic imine (C=N–C) groups is 1. The summed E-state index contributed by atoms with van der Waals surface area (Å²) in [5.74, 6) is 0.456. The molecule has 2 unspecified atom stereocenters. The van der Waals surface area contributed by atoms with Crippen LogP contribution in [0.3, 0.4) is 0 Å². The Labute approximate surface area is 218 Å². The zero-order chi connectivity index (χ0) is 24.9. The number of fused-ring (bicyclic) bond motifs is 5. The zero-order valence-corrected chi connectivity index (χ0v) is 21.2. The Hall–Kier alpha value is -4.31. The maximum absolute atomic E-state index is 5.38. The molecule has 0 amide bonds. The predicted molar refractivity (Wildman–Crippen MR) is 154 cm³/mol. The minimum atomic E-state index is -0.000787. The van der Waals surface area contributed by atoms with Gasteiger partial charge in [0, 0.05) is 35.1 Å². The lowest BCUT2D eigenvalue weighted by atomic mass is 9.94. The number of rotatable bonds is 3. The van der Waals surface area contributed by atoms with Crippen molar-refractivity contribution < 1.29 is 0 Å². The van der Waals surface area contributed by atoms with Crippen LogP contribution >= 0.6 is 0 Å². The fraction of sp³-hybridized carbons (Fsp3) is 0.182. The van der Waals surface area contributed by atoms with Crippen molar-refractivity contribution >= 4 is 22.8 Å². The Morgan fingerprint density at radius 3 is 2.38 bits per heavy atom. The summed E-state index contributed by atoms with van der Waals surface area (Å²) in [6.45, 7) is 4.52. The van der Waals surface area contributed by atoms with E-state index in [1.165, 1.54) is 39.3 Å². The van der Waals surface area contributed by atoms with E-state index in [1.807, 2.05) is 0 Å². The summed E-state index contributed by atoms with van der Waals surface area (Å²) in [4.78, 5) is 10.3. The first-order valence-electron chi connectivity index (χ1n) is 13.1. The van der Waals surface area contributed by atoms with Gasteiger partial charge >= 0.3 is 0 Å². The smallest absolute Gasteiger partial charge is 0.123 e. The monoisotopic (exact) mass is 482 g/mol. The van der Waals surface area contributed by atoms with Crippen molar-refractivity contribution in [3.05, 3.63) is 126 Å². The largest absolute Gasteiger partial charge is 0.368 e. The molecule has 0 aliphatic carbocycles. The van der Waals surface area contributed by atoms with E-state index in [2.05, 4.69) is 138 Å². The van der Waals surface area contributed by atoms with Crippen LogP contribution in [-0.2, 0) is 0 Å². The van der Waals surface area contributed by atoms with Gasteiger partial charge in [0.2, 0.25) is 0 Å². The molecule has 37 heavy (non-hydrogen) atoms. The molecular formula is C33H30N4. The topological polar surface area (TPSA) is 30.9 Å². The van der Waals surface area contributed by atoms with Gasteiger partial charge in [-0.25, -0.2) is 4.99 Å². The molecule has 4 aliphatic rings. The van der Waals surface area contributed by atoms with E-state index in [0.717, 1.165) is 17.8 Å². The van der Waals surface area contributed by atoms with Gasteiger partial charge in [-0.1, -0.05) is 74.5 Å². The number of nitrogens with zero attached hydrogens (tertiary/aromatic N) is 3. The third-order valence-corrected chi connectivity index (χ3v) is 7.80. The van der Waals surface area contributed by atoms with E-state index in [-0.39, 0.29) is 12.2 Å². The summed E-state index contributed by atoms with van der Waals surface area (Å²) >= 11 is 0. The van der Waals surface area contributed by atoms with Gasteiger partial charge in [0.25, 0.3) is 0 Å². The van der Waals surface area contributed by atoms with Crippen molar-refractivity contribution in [2.75, 3.05) is 9.80 Å². The highest BCUT2D eigenvalue weighted by Crippen LogP contribution is 2.47. The normalized spacial score (nSPS) is 21.5. The van der Waals surface area contributed by atoms with E-state index in [0.29, 0.717) is 5.92 Å². The van der Waals surface area contributed by atoms with Gasteiger partial charge < -0.3 is 15.1 Å². The van der Waals surface area contributed by atoms with Crippen molar-refractivity contribution in [3.63, 3.8) is 0 Å². The maximum Gasteiger partial charge on any atom is 0.123 e. The number of hydrogen-bond donors (Lipinski definition) is 1. The van der Waals surface area contributed by atoms with Gasteiger partial charge in [0.05, 0.1) is 23.1 Å². The van der Waals surface area contributed by atoms with Crippen LogP contribution in [0.25, 0.3) is 16.8 Å².